The molecule has 1 amide bonds. The van der Waals surface area contributed by atoms with Crippen LogP contribution in [-0.2, 0) is 6.54 Å². The third-order valence-electron chi connectivity index (χ3n) is 4.93. The highest BCUT2D eigenvalue weighted by molar-refractivity contribution is 6.30. The highest BCUT2D eigenvalue weighted by Gasteiger charge is 2.25. The molecule has 0 spiro atoms. The van der Waals surface area contributed by atoms with Crippen molar-refractivity contribution >= 4 is 29.0 Å². The molecule has 31 heavy (non-hydrogen) atoms. The summed E-state index contributed by atoms with van der Waals surface area (Å²) in [7, 11) is 0. The van der Waals surface area contributed by atoms with Crippen LogP contribution in [-0.4, -0.2) is 22.0 Å². The number of nitrogens with zero attached hydrogens (tertiary/aromatic N) is 2. The SMILES string of the molecule is CC(C)CCN(C(=O)c1ccc(Cl)cc1)c1c(N)n(Cc2ccccc2)c(=O)[nH]c1=O. The lowest BCUT2D eigenvalue weighted by molar-refractivity contribution is 0.0985. The molecule has 0 radical (unpaired) electrons. The van der Waals surface area contributed by atoms with Crippen molar-refractivity contribution in [3.63, 3.8) is 0 Å². The van der Waals surface area contributed by atoms with Crippen molar-refractivity contribution < 1.29 is 4.79 Å². The topological polar surface area (TPSA) is 101 Å². The van der Waals surface area contributed by atoms with Gasteiger partial charge in [0.15, 0.2) is 5.69 Å². The van der Waals surface area contributed by atoms with E-state index in [4.69, 9.17) is 17.3 Å². The molecule has 0 aliphatic rings. The third-order valence-corrected chi connectivity index (χ3v) is 5.19. The summed E-state index contributed by atoms with van der Waals surface area (Å²) in [5.74, 6) is -0.154. The van der Waals surface area contributed by atoms with Crippen molar-refractivity contribution in [3.8, 4) is 0 Å². The lowest BCUT2D eigenvalue weighted by atomic mass is 10.1. The van der Waals surface area contributed by atoms with Crippen molar-refractivity contribution in [2.24, 2.45) is 5.92 Å². The first kappa shape index (κ1) is 22.4. The number of hydrogen-bond donors (Lipinski definition) is 2. The Morgan fingerprint density at radius 2 is 1.74 bits per heavy atom. The van der Waals surface area contributed by atoms with Crippen LogP contribution in [0.25, 0.3) is 0 Å². The zero-order valence-corrected chi connectivity index (χ0v) is 18.2. The lowest BCUT2D eigenvalue weighted by Gasteiger charge is -2.25. The molecular formula is C23H25ClN4O3. The summed E-state index contributed by atoms with van der Waals surface area (Å²) in [5.41, 5.74) is 6.16. The quantitative estimate of drug-likeness (QED) is 0.586. The molecule has 0 saturated carbocycles. The predicted molar refractivity (Wildman–Crippen MR) is 124 cm³/mol. The number of anilines is 2. The second-order valence-corrected chi connectivity index (χ2v) is 8.15. The summed E-state index contributed by atoms with van der Waals surface area (Å²) in [5, 5.41) is 0.499. The Balaban J connectivity index is 2.10. The molecule has 1 aromatic heterocycles. The first-order chi connectivity index (χ1) is 14.8. The molecule has 3 N–H and O–H groups in total. The van der Waals surface area contributed by atoms with Gasteiger partial charge in [0.1, 0.15) is 5.82 Å². The number of nitrogens with one attached hydrogen (secondary N) is 1. The van der Waals surface area contributed by atoms with E-state index in [-0.39, 0.29) is 36.4 Å². The van der Waals surface area contributed by atoms with Crippen molar-refractivity contribution in [3.05, 3.63) is 91.6 Å². The number of aromatic nitrogens is 2. The number of nitrogens with two attached hydrogens (primary N) is 1. The molecule has 0 aliphatic heterocycles. The summed E-state index contributed by atoms with van der Waals surface area (Å²) in [6.45, 7) is 4.49. The summed E-state index contributed by atoms with van der Waals surface area (Å²) in [6, 6.07) is 15.7. The first-order valence-corrected chi connectivity index (χ1v) is 10.4. The Labute approximate surface area is 185 Å². The number of amides is 1. The molecule has 0 aliphatic carbocycles. The average Bonchev–Trinajstić information content (AvgIpc) is 2.74. The molecule has 7 nitrogen and oxygen atoms in total. The van der Waals surface area contributed by atoms with E-state index in [1.165, 1.54) is 9.47 Å². The smallest absolute Gasteiger partial charge is 0.330 e. The Kier molecular flexibility index (Phi) is 6.97. The van der Waals surface area contributed by atoms with Crippen LogP contribution in [0.2, 0.25) is 5.02 Å². The molecule has 0 bridgehead atoms. The number of carbonyl (C=O) groups is 1. The van der Waals surface area contributed by atoms with Crippen LogP contribution in [0.15, 0.2) is 64.2 Å². The maximum Gasteiger partial charge on any atom is 0.330 e. The Bertz CT molecular complexity index is 1170. The van der Waals surface area contributed by atoms with Crippen molar-refractivity contribution in [2.45, 2.75) is 26.8 Å². The number of halogens is 1. The van der Waals surface area contributed by atoms with Gasteiger partial charge in [0, 0.05) is 17.1 Å². The number of H-pyrrole nitrogens is 1. The molecule has 0 saturated heterocycles. The van der Waals surface area contributed by atoms with E-state index in [1.807, 2.05) is 44.2 Å². The van der Waals surface area contributed by atoms with E-state index in [9.17, 15) is 14.4 Å². The van der Waals surface area contributed by atoms with E-state index in [0.29, 0.717) is 17.0 Å². The van der Waals surface area contributed by atoms with Crippen LogP contribution in [0.5, 0.6) is 0 Å². The van der Waals surface area contributed by atoms with Gasteiger partial charge in [0.25, 0.3) is 11.5 Å². The minimum absolute atomic E-state index is 0.0314. The van der Waals surface area contributed by atoms with Crippen LogP contribution < -0.4 is 21.9 Å². The van der Waals surface area contributed by atoms with Gasteiger partial charge in [0.05, 0.1) is 6.54 Å². The van der Waals surface area contributed by atoms with Gasteiger partial charge in [-0.25, -0.2) is 4.79 Å². The maximum atomic E-state index is 13.3. The first-order valence-electron chi connectivity index (χ1n) is 10.0. The lowest BCUT2D eigenvalue weighted by Crippen LogP contribution is -2.42. The molecule has 3 aromatic rings. The van der Waals surface area contributed by atoms with Crippen LogP contribution in [0.4, 0.5) is 11.5 Å². The molecule has 0 atom stereocenters. The monoisotopic (exact) mass is 440 g/mol. The minimum atomic E-state index is -0.696. The molecule has 2 aromatic carbocycles. The van der Waals surface area contributed by atoms with E-state index >= 15 is 0 Å². The fourth-order valence-electron chi connectivity index (χ4n) is 3.21. The van der Waals surface area contributed by atoms with Crippen LogP contribution >= 0.6 is 11.6 Å². The van der Waals surface area contributed by atoms with E-state index in [1.54, 1.807) is 24.3 Å². The van der Waals surface area contributed by atoms with Gasteiger partial charge >= 0.3 is 5.69 Å². The molecule has 0 fully saturated rings. The molecule has 0 unspecified atom stereocenters. The fourth-order valence-corrected chi connectivity index (χ4v) is 3.34. The number of aromatic amines is 1. The van der Waals surface area contributed by atoms with E-state index in [2.05, 4.69) is 4.98 Å². The average molecular weight is 441 g/mol. The van der Waals surface area contributed by atoms with Gasteiger partial charge in [-0.15, -0.1) is 0 Å². The fraction of sp³-hybridized carbons (Fsp3) is 0.261. The van der Waals surface area contributed by atoms with Crippen LogP contribution in [0.1, 0.15) is 36.2 Å². The largest absolute Gasteiger partial charge is 0.383 e. The second kappa shape index (κ2) is 9.66. The van der Waals surface area contributed by atoms with Gasteiger partial charge in [-0.05, 0) is 42.2 Å². The third kappa shape index (κ3) is 5.24. The van der Waals surface area contributed by atoms with Gasteiger partial charge in [0.2, 0.25) is 0 Å². The molecule has 3 rings (SSSR count). The molecule has 1 heterocycles. The van der Waals surface area contributed by atoms with E-state index < -0.39 is 11.2 Å². The van der Waals surface area contributed by atoms with Gasteiger partial charge in [-0.3, -0.25) is 19.1 Å². The zero-order valence-electron chi connectivity index (χ0n) is 17.5. The van der Waals surface area contributed by atoms with Crippen LogP contribution in [0, 0.1) is 5.92 Å². The second-order valence-electron chi connectivity index (χ2n) is 7.71. The maximum absolute atomic E-state index is 13.3. The zero-order chi connectivity index (χ0) is 22.5. The van der Waals surface area contributed by atoms with Gasteiger partial charge in [-0.2, -0.15) is 0 Å². The summed E-state index contributed by atoms with van der Waals surface area (Å²) in [6.07, 6.45) is 0.649. The highest BCUT2D eigenvalue weighted by atomic mass is 35.5. The van der Waals surface area contributed by atoms with Crippen LogP contribution in [0.3, 0.4) is 0 Å². The summed E-state index contributed by atoms with van der Waals surface area (Å²) in [4.78, 5) is 42.2. The molecular weight excluding hydrogens is 416 g/mol. The number of carbonyl (C=O) groups excluding carboxylic acids is 1. The minimum Gasteiger partial charge on any atom is -0.383 e. The summed E-state index contributed by atoms with van der Waals surface area (Å²) >= 11 is 5.94. The Morgan fingerprint density at radius 1 is 1.10 bits per heavy atom. The number of nitrogen functional groups attached to an aromatic ring is 1. The van der Waals surface area contributed by atoms with Crippen molar-refractivity contribution in [1.29, 1.82) is 0 Å². The van der Waals surface area contributed by atoms with Gasteiger partial charge in [-0.1, -0.05) is 55.8 Å². The highest BCUT2D eigenvalue weighted by Crippen LogP contribution is 2.22. The standard InChI is InChI=1S/C23H25ClN4O3/c1-15(2)12-13-27(22(30)17-8-10-18(24)11-9-17)19-20(25)28(23(31)26-21(19)29)14-16-6-4-3-5-7-16/h3-11,15H,12-14,25H2,1-2H3,(H,26,29,31). The van der Waals surface area contributed by atoms with Crippen molar-refractivity contribution in [2.75, 3.05) is 17.2 Å². The normalized spacial score (nSPS) is 11.0. The Hall–Kier alpha value is -3.32. The number of hydrogen-bond acceptors (Lipinski definition) is 4. The van der Waals surface area contributed by atoms with Gasteiger partial charge < -0.3 is 10.6 Å². The number of benzene rings is 2. The molecule has 8 heteroatoms. The Morgan fingerprint density at radius 3 is 2.35 bits per heavy atom. The predicted octanol–water partition coefficient (Wildman–Crippen LogP) is 3.51. The van der Waals surface area contributed by atoms with E-state index in [0.717, 1.165) is 5.56 Å². The van der Waals surface area contributed by atoms with Crippen molar-refractivity contribution in [1.82, 2.24) is 9.55 Å². The molecule has 162 valence electrons. The summed E-state index contributed by atoms with van der Waals surface area (Å²) < 4.78 is 1.27. The number of rotatable bonds is 7.